The van der Waals surface area contributed by atoms with Crippen LogP contribution in [-0.4, -0.2) is 18.4 Å². The zero-order chi connectivity index (χ0) is 11.4. The fourth-order valence-corrected chi connectivity index (χ4v) is 0.783. The van der Waals surface area contributed by atoms with E-state index in [4.69, 9.17) is 10.1 Å². The predicted octanol–water partition coefficient (Wildman–Crippen LogP) is 2.54. The molecule has 0 amide bonds. The fraction of sp³-hybridized carbons (Fsp3) is 0.727. The summed E-state index contributed by atoms with van der Waals surface area (Å²) in [5, 5.41) is 10.3. The van der Waals surface area contributed by atoms with Gasteiger partial charge in [-0.3, -0.25) is 0 Å². The molecular weight excluding hydrogens is 176 g/mol. The van der Waals surface area contributed by atoms with Crippen LogP contribution >= 0.6 is 0 Å². The molecule has 0 saturated heterocycles. The van der Waals surface area contributed by atoms with E-state index in [1.807, 2.05) is 34.6 Å². The van der Waals surface area contributed by atoms with Crippen molar-refractivity contribution in [2.24, 2.45) is 5.41 Å². The van der Waals surface area contributed by atoms with E-state index >= 15 is 0 Å². The van der Waals surface area contributed by atoms with Crippen LogP contribution in [0.4, 0.5) is 0 Å². The number of ether oxygens (including phenoxy) is 1. The summed E-state index contributed by atoms with van der Waals surface area (Å²) >= 11 is 0. The maximum Gasteiger partial charge on any atom is 0.179 e. The summed E-state index contributed by atoms with van der Waals surface area (Å²) in [6.07, 6.45) is 1.42. The van der Waals surface area contributed by atoms with Crippen molar-refractivity contribution in [1.82, 2.24) is 5.32 Å². The van der Waals surface area contributed by atoms with Gasteiger partial charge in [0.2, 0.25) is 0 Å². The topological polar surface area (TPSA) is 45.1 Å². The molecule has 0 unspecified atom stereocenters. The smallest absolute Gasteiger partial charge is 0.179 e. The van der Waals surface area contributed by atoms with E-state index in [0.717, 1.165) is 0 Å². The summed E-state index contributed by atoms with van der Waals surface area (Å²) in [4.78, 5) is 0. The van der Waals surface area contributed by atoms with E-state index in [1.54, 1.807) is 0 Å². The van der Waals surface area contributed by atoms with Crippen LogP contribution in [0.25, 0.3) is 0 Å². The Hall–Kier alpha value is -0.990. The number of hydrogen-bond donors (Lipinski definition) is 2. The number of rotatable bonds is 5. The van der Waals surface area contributed by atoms with E-state index in [2.05, 4.69) is 11.9 Å². The Morgan fingerprint density at radius 2 is 1.86 bits per heavy atom. The van der Waals surface area contributed by atoms with Crippen LogP contribution in [0.1, 0.15) is 34.6 Å². The first-order valence-corrected chi connectivity index (χ1v) is 4.80. The maximum absolute atomic E-state index is 7.19. The summed E-state index contributed by atoms with van der Waals surface area (Å²) in [5.41, 5.74) is -0.386. The molecule has 0 fully saturated rings. The largest absolute Gasteiger partial charge is 0.474 e. The molecule has 0 bridgehead atoms. The predicted molar refractivity (Wildman–Crippen MR) is 60.5 cm³/mol. The van der Waals surface area contributed by atoms with Gasteiger partial charge in [0.1, 0.15) is 5.60 Å². The first-order valence-electron chi connectivity index (χ1n) is 4.80. The van der Waals surface area contributed by atoms with Crippen LogP contribution in [-0.2, 0) is 4.74 Å². The molecule has 3 nitrogen and oxygen atoms in total. The summed E-state index contributed by atoms with van der Waals surface area (Å²) in [6, 6.07) is 0. The Balaban J connectivity index is 3.93. The molecule has 0 aromatic heterocycles. The average Bonchev–Trinajstić information content (AvgIpc) is 1.98. The summed E-state index contributed by atoms with van der Waals surface area (Å²) in [7, 11) is 0. The molecule has 0 atom stereocenters. The Morgan fingerprint density at radius 3 is 2.21 bits per heavy atom. The van der Waals surface area contributed by atoms with E-state index in [9.17, 15) is 0 Å². The van der Waals surface area contributed by atoms with Crippen molar-refractivity contribution >= 4 is 6.21 Å². The van der Waals surface area contributed by atoms with Gasteiger partial charge in [-0.1, -0.05) is 13.8 Å². The van der Waals surface area contributed by atoms with Crippen molar-refractivity contribution in [2.45, 2.75) is 40.2 Å². The molecule has 0 heterocycles. The molecule has 82 valence electrons. The SMILES string of the molecule is C=C(NCC(C)(C)C=N)OC(C)(C)C. The second kappa shape index (κ2) is 4.49. The highest BCUT2D eigenvalue weighted by Crippen LogP contribution is 2.13. The first-order chi connectivity index (χ1) is 6.16. The molecule has 14 heavy (non-hydrogen) atoms. The second-order valence-corrected chi connectivity index (χ2v) is 5.12. The molecule has 3 heteroatoms. The third-order valence-corrected chi connectivity index (χ3v) is 1.56. The zero-order valence-electron chi connectivity index (χ0n) is 9.90. The van der Waals surface area contributed by atoms with Crippen molar-refractivity contribution in [3.05, 3.63) is 12.5 Å². The van der Waals surface area contributed by atoms with Crippen molar-refractivity contribution in [3.63, 3.8) is 0 Å². The monoisotopic (exact) mass is 198 g/mol. The standard InChI is InChI=1S/C11H22N2O/c1-9(14-10(2,3)4)13-8-11(5,6)7-12/h7,12-13H,1,8H2,2-6H3. The van der Waals surface area contributed by atoms with Crippen LogP contribution in [0.2, 0.25) is 0 Å². The van der Waals surface area contributed by atoms with Gasteiger partial charge in [-0.2, -0.15) is 0 Å². The lowest BCUT2D eigenvalue weighted by molar-refractivity contribution is 0.0402. The van der Waals surface area contributed by atoms with Crippen molar-refractivity contribution < 1.29 is 4.74 Å². The fourth-order valence-electron chi connectivity index (χ4n) is 0.783. The third kappa shape index (κ3) is 6.52. The van der Waals surface area contributed by atoms with Gasteiger partial charge in [0.05, 0.1) is 0 Å². The summed E-state index contributed by atoms with van der Waals surface area (Å²) in [6.45, 7) is 14.3. The minimum Gasteiger partial charge on any atom is -0.474 e. The Morgan fingerprint density at radius 1 is 1.36 bits per heavy atom. The summed E-state index contributed by atoms with van der Waals surface area (Å²) in [5.74, 6) is 0.562. The normalized spacial score (nSPS) is 12.1. The Labute approximate surface area is 87.0 Å². The maximum atomic E-state index is 7.19. The lowest BCUT2D eigenvalue weighted by atomic mass is 9.96. The van der Waals surface area contributed by atoms with Gasteiger partial charge >= 0.3 is 0 Å². The molecule has 0 aliphatic rings. The van der Waals surface area contributed by atoms with Crippen LogP contribution in [0, 0.1) is 10.8 Å². The van der Waals surface area contributed by atoms with Crippen LogP contribution in [0.15, 0.2) is 12.5 Å². The van der Waals surface area contributed by atoms with E-state index in [0.29, 0.717) is 12.4 Å². The van der Waals surface area contributed by atoms with E-state index in [1.165, 1.54) is 6.21 Å². The minimum absolute atomic E-state index is 0.163. The quantitative estimate of drug-likeness (QED) is 0.526. The van der Waals surface area contributed by atoms with Gasteiger partial charge in [-0.05, 0) is 27.4 Å². The molecule has 0 aromatic carbocycles. The lowest BCUT2D eigenvalue weighted by Crippen LogP contribution is -2.33. The van der Waals surface area contributed by atoms with Gasteiger partial charge in [-0.15, -0.1) is 0 Å². The molecule has 0 aliphatic heterocycles. The van der Waals surface area contributed by atoms with Gasteiger partial charge in [-0.25, -0.2) is 0 Å². The van der Waals surface area contributed by atoms with Crippen molar-refractivity contribution in [1.29, 1.82) is 5.41 Å². The number of hydrogen-bond acceptors (Lipinski definition) is 3. The third-order valence-electron chi connectivity index (χ3n) is 1.56. The van der Waals surface area contributed by atoms with Gasteiger partial charge in [0, 0.05) is 18.2 Å². The first kappa shape index (κ1) is 13.0. The number of nitrogens with one attached hydrogen (secondary N) is 2. The molecule has 0 saturated carbocycles. The van der Waals surface area contributed by atoms with Gasteiger partial charge in [0.15, 0.2) is 5.88 Å². The molecule has 2 N–H and O–H groups in total. The van der Waals surface area contributed by atoms with E-state index < -0.39 is 0 Å². The molecule has 0 rings (SSSR count). The molecule has 0 spiro atoms. The minimum atomic E-state index is -0.223. The molecule has 0 aromatic rings. The lowest BCUT2D eigenvalue weighted by Gasteiger charge is -2.26. The van der Waals surface area contributed by atoms with Crippen molar-refractivity contribution in [3.8, 4) is 0 Å². The average molecular weight is 198 g/mol. The highest BCUT2D eigenvalue weighted by Gasteiger charge is 2.16. The van der Waals surface area contributed by atoms with E-state index in [-0.39, 0.29) is 11.0 Å². The van der Waals surface area contributed by atoms with Crippen LogP contribution in [0.5, 0.6) is 0 Å². The highest BCUT2D eigenvalue weighted by molar-refractivity contribution is 5.61. The van der Waals surface area contributed by atoms with Gasteiger partial charge < -0.3 is 15.5 Å². The molecule has 0 aliphatic carbocycles. The van der Waals surface area contributed by atoms with Crippen LogP contribution < -0.4 is 5.32 Å². The van der Waals surface area contributed by atoms with Gasteiger partial charge in [0.25, 0.3) is 0 Å². The zero-order valence-corrected chi connectivity index (χ0v) is 9.90. The summed E-state index contributed by atoms with van der Waals surface area (Å²) < 4.78 is 5.50. The molecule has 0 radical (unpaired) electrons. The van der Waals surface area contributed by atoms with Crippen LogP contribution in [0.3, 0.4) is 0 Å². The second-order valence-electron chi connectivity index (χ2n) is 5.12. The Kier molecular flexibility index (Phi) is 4.17. The Bertz CT molecular complexity index is 214. The van der Waals surface area contributed by atoms with Crippen molar-refractivity contribution in [2.75, 3.05) is 6.54 Å². The molecular formula is C11H22N2O. The highest BCUT2D eigenvalue weighted by atomic mass is 16.5.